The molecule has 0 fully saturated rings. The van der Waals surface area contributed by atoms with Crippen molar-refractivity contribution in [3.8, 4) is 10.7 Å². The Morgan fingerprint density at radius 2 is 2.05 bits per heavy atom. The standard InChI is InChI=1S/C14H16BrN3S/c1-16-13-9-5-3-2-4-6-11(9)17-14(18-13)12-10(15)7-8-19-12/h7-8H,2-6H2,1H3,(H,16,17,18). The molecule has 2 heterocycles. The number of aryl methyl sites for hydroxylation is 1. The Morgan fingerprint density at radius 3 is 2.79 bits per heavy atom. The molecule has 0 saturated heterocycles. The Bertz CT molecular complexity index is 594. The fraction of sp³-hybridized carbons (Fsp3) is 0.429. The first-order valence-electron chi connectivity index (χ1n) is 6.60. The van der Waals surface area contributed by atoms with Gasteiger partial charge in [-0.05, 0) is 53.1 Å². The molecule has 3 nitrogen and oxygen atoms in total. The van der Waals surface area contributed by atoms with Crippen molar-refractivity contribution in [1.82, 2.24) is 9.97 Å². The average Bonchev–Trinajstić information content (AvgIpc) is 2.71. The van der Waals surface area contributed by atoms with Gasteiger partial charge in [-0.3, -0.25) is 0 Å². The molecule has 2 aromatic rings. The highest BCUT2D eigenvalue weighted by Gasteiger charge is 2.18. The van der Waals surface area contributed by atoms with Gasteiger partial charge in [-0.25, -0.2) is 9.97 Å². The number of nitrogens with zero attached hydrogens (tertiary/aromatic N) is 2. The molecule has 1 aliphatic rings. The first-order chi connectivity index (χ1) is 9.29. The summed E-state index contributed by atoms with van der Waals surface area (Å²) in [5.41, 5.74) is 2.54. The summed E-state index contributed by atoms with van der Waals surface area (Å²) in [7, 11) is 1.95. The van der Waals surface area contributed by atoms with E-state index >= 15 is 0 Å². The van der Waals surface area contributed by atoms with Crippen molar-refractivity contribution in [2.45, 2.75) is 32.1 Å². The van der Waals surface area contributed by atoms with Crippen molar-refractivity contribution in [3.05, 3.63) is 27.2 Å². The predicted octanol–water partition coefficient (Wildman–Crippen LogP) is 4.28. The average molecular weight is 338 g/mol. The minimum Gasteiger partial charge on any atom is -0.373 e. The number of aromatic nitrogens is 2. The second-order valence-corrected chi connectivity index (χ2v) is 6.50. The molecule has 3 rings (SSSR count). The van der Waals surface area contributed by atoms with E-state index in [1.807, 2.05) is 13.1 Å². The lowest BCUT2D eigenvalue weighted by molar-refractivity contribution is 0.709. The predicted molar refractivity (Wildman–Crippen MR) is 83.9 cm³/mol. The van der Waals surface area contributed by atoms with Crippen LogP contribution in [-0.2, 0) is 12.8 Å². The van der Waals surface area contributed by atoms with Gasteiger partial charge in [0.1, 0.15) is 5.82 Å². The van der Waals surface area contributed by atoms with E-state index < -0.39 is 0 Å². The lowest BCUT2D eigenvalue weighted by Gasteiger charge is -2.12. The van der Waals surface area contributed by atoms with E-state index in [2.05, 4.69) is 26.6 Å². The van der Waals surface area contributed by atoms with E-state index in [0.29, 0.717) is 0 Å². The van der Waals surface area contributed by atoms with E-state index in [9.17, 15) is 0 Å². The SMILES string of the molecule is CNc1nc(-c2sccc2Br)nc2c1CCCCC2. The van der Waals surface area contributed by atoms with Gasteiger partial charge < -0.3 is 5.32 Å². The van der Waals surface area contributed by atoms with Crippen LogP contribution in [0.3, 0.4) is 0 Å². The van der Waals surface area contributed by atoms with E-state index in [1.54, 1.807) is 11.3 Å². The lowest BCUT2D eigenvalue weighted by atomic mass is 10.1. The highest BCUT2D eigenvalue weighted by Crippen LogP contribution is 2.34. The summed E-state index contributed by atoms with van der Waals surface area (Å²) in [5.74, 6) is 1.84. The lowest BCUT2D eigenvalue weighted by Crippen LogP contribution is -2.06. The van der Waals surface area contributed by atoms with Crippen molar-refractivity contribution >= 4 is 33.1 Å². The summed E-state index contributed by atoms with van der Waals surface area (Å²) in [6.07, 6.45) is 5.93. The smallest absolute Gasteiger partial charge is 0.173 e. The van der Waals surface area contributed by atoms with Crippen LogP contribution >= 0.6 is 27.3 Å². The van der Waals surface area contributed by atoms with Crippen LogP contribution in [0.15, 0.2) is 15.9 Å². The molecular formula is C14H16BrN3S. The number of thiophene rings is 1. The molecule has 2 aromatic heterocycles. The third-order valence-corrected chi connectivity index (χ3v) is 5.32. The fourth-order valence-corrected chi connectivity index (χ4v) is 4.01. The second-order valence-electron chi connectivity index (χ2n) is 4.73. The van der Waals surface area contributed by atoms with Gasteiger partial charge in [-0.15, -0.1) is 11.3 Å². The van der Waals surface area contributed by atoms with Gasteiger partial charge in [0.05, 0.1) is 4.88 Å². The molecule has 0 aromatic carbocycles. The molecule has 0 radical (unpaired) electrons. The molecule has 0 saturated carbocycles. The van der Waals surface area contributed by atoms with Gasteiger partial charge in [0, 0.05) is 22.8 Å². The molecule has 19 heavy (non-hydrogen) atoms. The van der Waals surface area contributed by atoms with Crippen molar-refractivity contribution in [3.63, 3.8) is 0 Å². The van der Waals surface area contributed by atoms with Crippen LogP contribution in [-0.4, -0.2) is 17.0 Å². The van der Waals surface area contributed by atoms with Crippen molar-refractivity contribution < 1.29 is 0 Å². The summed E-state index contributed by atoms with van der Waals surface area (Å²) in [5, 5.41) is 5.31. The maximum atomic E-state index is 4.81. The molecule has 100 valence electrons. The molecule has 0 unspecified atom stereocenters. The monoisotopic (exact) mass is 337 g/mol. The van der Waals surface area contributed by atoms with Crippen LogP contribution in [0.1, 0.15) is 30.5 Å². The van der Waals surface area contributed by atoms with E-state index in [-0.39, 0.29) is 0 Å². The van der Waals surface area contributed by atoms with Crippen LogP contribution in [0.25, 0.3) is 10.7 Å². The normalized spacial score (nSPS) is 14.8. The van der Waals surface area contributed by atoms with Gasteiger partial charge >= 0.3 is 0 Å². The first kappa shape index (κ1) is 13.1. The Labute approximate surface area is 125 Å². The summed E-state index contributed by atoms with van der Waals surface area (Å²) in [6, 6.07) is 2.05. The summed E-state index contributed by atoms with van der Waals surface area (Å²) in [6.45, 7) is 0. The summed E-state index contributed by atoms with van der Waals surface area (Å²) >= 11 is 5.25. The van der Waals surface area contributed by atoms with Gasteiger partial charge in [0.2, 0.25) is 0 Å². The quantitative estimate of drug-likeness (QED) is 0.831. The Balaban J connectivity index is 2.13. The van der Waals surface area contributed by atoms with Crippen molar-refractivity contribution in [1.29, 1.82) is 0 Å². The number of rotatable bonds is 2. The summed E-state index contributed by atoms with van der Waals surface area (Å²) in [4.78, 5) is 10.6. The van der Waals surface area contributed by atoms with Crippen molar-refractivity contribution in [2.24, 2.45) is 0 Å². The minimum atomic E-state index is 0.840. The van der Waals surface area contributed by atoms with Crippen LogP contribution in [0.2, 0.25) is 0 Å². The molecule has 5 heteroatoms. The van der Waals surface area contributed by atoms with E-state index in [4.69, 9.17) is 9.97 Å². The second kappa shape index (κ2) is 5.59. The minimum absolute atomic E-state index is 0.840. The molecule has 0 aliphatic heterocycles. The van der Waals surface area contributed by atoms with Crippen LogP contribution in [0, 0.1) is 0 Å². The highest BCUT2D eigenvalue weighted by molar-refractivity contribution is 9.10. The summed E-state index contributed by atoms with van der Waals surface area (Å²) < 4.78 is 1.08. The third kappa shape index (κ3) is 2.54. The van der Waals surface area contributed by atoms with Crippen LogP contribution < -0.4 is 5.32 Å². The topological polar surface area (TPSA) is 37.8 Å². The molecule has 0 bridgehead atoms. The van der Waals surface area contributed by atoms with Gasteiger partial charge in [-0.1, -0.05) is 6.42 Å². The Hall–Kier alpha value is -0.940. The number of hydrogen-bond donors (Lipinski definition) is 1. The molecular weight excluding hydrogens is 322 g/mol. The molecule has 0 atom stereocenters. The molecule has 0 spiro atoms. The maximum absolute atomic E-state index is 4.81. The van der Waals surface area contributed by atoms with Crippen LogP contribution in [0.4, 0.5) is 5.82 Å². The zero-order chi connectivity index (χ0) is 13.2. The third-order valence-electron chi connectivity index (χ3n) is 3.49. The van der Waals surface area contributed by atoms with E-state index in [0.717, 1.165) is 33.8 Å². The fourth-order valence-electron chi connectivity index (χ4n) is 2.53. The number of halogens is 1. The van der Waals surface area contributed by atoms with Gasteiger partial charge in [0.15, 0.2) is 5.82 Å². The zero-order valence-electron chi connectivity index (χ0n) is 10.9. The molecule has 1 aliphatic carbocycles. The highest BCUT2D eigenvalue weighted by atomic mass is 79.9. The largest absolute Gasteiger partial charge is 0.373 e. The van der Waals surface area contributed by atoms with Gasteiger partial charge in [-0.2, -0.15) is 0 Å². The number of hydrogen-bond acceptors (Lipinski definition) is 4. The van der Waals surface area contributed by atoms with E-state index in [1.165, 1.54) is 30.5 Å². The van der Waals surface area contributed by atoms with Gasteiger partial charge in [0.25, 0.3) is 0 Å². The van der Waals surface area contributed by atoms with Crippen LogP contribution in [0.5, 0.6) is 0 Å². The van der Waals surface area contributed by atoms with Crippen molar-refractivity contribution in [2.75, 3.05) is 12.4 Å². The molecule has 0 amide bonds. The Kier molecular flexibility index (Phi) is 3.84. The number of fused-ring (bicyclic) bond motifs is 1. The first-order valence-corrected chi connectivity index (χ1v) is 8.28. The Morgan fingerprint density at radius 1 is 1.21 bits per heavy atom. The number of nitrogens with one attached hydrogen (secondary N) is 1. The molecule has 1 N–H and O–H groups in total. The zero-order valence-corrected chi connectivity index (χ0v) is 13.3. The maximum Gasteiger partial charge on any atom is 0.173 e. The number of anilines is 1.